The molecule has 9 nitrogen and oxygen atoms in total. The molecule has 4 rings (SSSR count). The molecule has 0 spiro atoms. The number of halogens is 4. The maximum atomic E-state index is 14.7. The van der Waals surface area contributed by atoms with Crippen LogP contribution in [0.3, 0.4) is 0 Å². The normalized spacial score (nSPS) is 12.1. The highest BCUT2D eigenvalue weighted by Crippen LogP contribution is 2.22. The van der Waals surface area contributed by atoms with Gasteiger partial charge >= 0.3 is 6.11 Å². The molecule has 1 unspecified atom stereocenters. The fourth-order valence-electron chi connectivity index (χ4n) is 3.78. The van der Waals surface area contributed by atoms with Crippen molar-refractivity contribution < 1.29 is 27.4 Å². The molecule has 2 heterocycles. The van der Waals surface area contributed by atoms with Gasteiger partial charge < -0.3 is 19.4 Å². The number of pyridine rings is 1. The van der Waals surface area contributed by atoms with Gasteiger partial charge in [0.15, 0.2) is 5.69 Å². The van der Waals surface area contributed by atoms with Crippen LogP contribution in [0.15, 0.2) is 77.9 Å². The summed E-state index contributed by atoms with van der Waals surface area (Å²) >= 11 is 5.86. The van der Waals surface area contributed by atoms with Crippen LogP contribution in [0, 0.1) is 0 Å². The Bertz CT molecular complexity index is 1520. The number of alkyl halides is 3. The number of ether oxygens (including phenoxy) is 2. The van der Waals surface area contributed by atoms with Crippen LogP contribution in [0.25, 0.3) is 0 Å². The van der Waals surface area contributed by atoms with E-state index in [4.69, 9.17) is 16.3 Å². The average Bonchev–Trinajstić information content (AvgIpc) is 3.38. The fourth-order valence-corrected chi connectivity index (χ4v) is 3.91. The van der Waals surface area contributed by atoms with E-state index in [1.807, 2.05) is 0 Å². The molecule has 0 saturated carbocycles. The van der Waals surface area contributed by atoms with Crippen LogP contribution in [-0.2, 0) is 26.2 Å². The SMILES string of the molecule is CC(F)(F)Oc1cccc(CNC(=O)c2cn(CC(F)CCn3ccc(COc4ccc(Cl)cc4)cc3=O)nn2)c1. The van der Waals surface area contributed by atoms with Crippen molar-refractivity contribution in [2.75, 3.05) is 0 Å². The van der Waals surface area contributed by atoms with E-state index in [2.05, 4.69) is 20.4 Å². The lowest BCUT2D eigenvalue weighted by Gasteiger charge is -2.13. The van der Waals surface area contributed by atoms with E-state index in [9.17, 15) is 22.8 Å². The number of hydrogen-bond donors (Lipinski definition) is 1. The first-order valence-corrected chi connectivity index (χ1v) is 13.0. The Hall–Kier alpha value is -4.32. The van der Waals surface area contributed by atoms with Gasteiger partial charge in [0.1, 0.15) is 24.3 Å². The number of carbonyl (C=O) groups is 1. The fraction of sp³-hybridized carbons (Fsp3) is 0.286. The number of aryl methyl sites for hydroxylation is 1. The van der Waals surface area contributed by atoms with Crippen LogP contribution >= 0.6 is 11.6 Å². The van der Waals surface area contributed by atoms with E-state index in [0.717, 1.165) is 0 Å². The molecule has 1 atom stereocenters. The van der Waals surface area contributed by atoms with Gasteiger partial charge in [-0.25, -0.2) is 9.07 Å². The molecule has 41 heavy (non-hydrogen) atoms. The second-order valence-corrected chi connectivity index (χ2v) is 9.70. The van der Waals surface area contributed by atoms with Crippen LogP contribution in [0.1, 0.15) is 35.0 Å². The molecular weight excluding hydrogens is 563 g/mol. The molecular formula is C28H27ClF3N5O4. The number of aromatic nitrogens is 4. The van der Waals surface area contributed by atoms with E-state index in [0.29, 0.717) is 28.8 Å². The lowest BCUT2D eigenvalue weighted by atomic mass is 10.2. The summed E-state index contributed by atoms with van der Waals surface area (Å²) in [4.78, 5) is 24.9. The zero-order valence-electron chi connectivity index (χ0n) is 22.0. The number of benzene rings is 2. The minimum Gasteiger partial charge on any atom is -0.489 e. The first-order valence-electron chi connectivity index (χ1n) is 12.6. The van der Waals surface area contributed by atoms with Gasteiger partial charge in [0.2, 0.25) is 0 Å². The molecule has 216 valence electrons. The minimum atomic E-state index is -3.33. The first-order chi connectivity index (χ1) is 19.5. The van der Waals surface area contributed by atoms with Gasteiger partial charge in [0.05, 0.1) is 12.7 Å². The molecule has 0 radical (unpaired) electrons. The van der Waals surface area contributed by atoms with Gasteiger partial charge in [-0.1, -0.05) is 28.9 Å². The molecule has 0 fully saturated rings. The summed E-state index contributed by atoms with van der Waals surface area (Å²) < 4.78 is 53.6. The van der Waals surface area contributed by atoms with Crippen molar-refractivity contribution in [2.45, 2.75) is 51.9 Å². The lowest BCUT2D eigenvalue weighted by molar-refractivity contribution is -0.159. The van der Waals surface area contributed by atoms with Crippen LogP contribution in [0.2, 0.25) is 5.02 Å². The smallest absolute Gasteiger partial charge is 0.394 e. The Morgan fingerprint density at radius 3 is 2.61 bits per heavy atom. The first kappa shape index (κ1) is 29.7. The number of nitrogens with one attached hydrogen (secondary N) is 1. The monoisotopic (exact) mass is 589 g/mol. The lowest BCUT2D eigenvalue weighted by Crippen LogP contribution is -2.23. The molecule has 2 aromatic carbocycles. The van der Waals surface area contributed by atoms with Crippen LogP contribution in [0.5, 0.6) is 11.5 Å². The zero-order chi connectivity index (χ0) is 29.4. The summed E-state index contributed by atoms with van der Waals surface area (Å²) in [5.41, 5.74) is 0.899. The average molecular weight is 590 g/mol. The van der Waals surface area contributed by atoms with Crippen LogP contribution in [-0.4, -0.2) is 37.7 Å². The Balaban J connectivity index is 1.22. The van der Waals surface area contributed by atoms with Gasteiger partial charge in [-0.2, -0.15) is 8.78 Å². The summed E-state index contributed by atoms with van der Waals surface area (Å²) in [5, 5.41) is 10.8. The maximum absolute atomic E-state index is 14.7. The van der Waals surface area contributed by atoms with Gasteiger partial charge in [0.25, 0.3) is 11.5 Å². The molecule has 0 bridgehead atoms. The molecule has 0 aliphatic rings. The Labute approximate surface area is 238 Å². The van der Waals surface area contributed by atoms with Crippen LogP contribution < -0.4 is 20.3 Å². The largest absolute Gasteiger partial charge is 0.489 e. The molecule has 0 aliphatic heterocycles. The number of carbonyl (C=O) groups excluding carboxylic acids is 1. The molecule has 13 heteroatoms. The minimum absolute atomic E-state index is 0.0303. The second kappa shape index (κ2) is 13.4. The van der Waals surface area contributed by atoms with E-state index in [-0.39, 0.29) is 49.7 Å². The quantitative estimate of drug-likeness (QED) is 0.235. The predicted octanol–water partition coefficient (Wildman–Crippen LogP) is 5.02. The van der Waals surface area contributed by atoms with Crippen molar-refractivity contribution in [3.8, 4) is 11.5 Å². The molecule has 4 aromatic rings. The van der Waals surface area contributed by atoms with Gasteiger partial charge in [-0.15, -0.1) is 5.10 Å². The van der Waals surface area contributed by atoms with E-state index < -0.39 is 18.2 Å². The topological polar surface area (TPSA) is 100 Å². The van der Waals surface area contributed by atoms with Crippen molar-refractivity contribution in [1.82, 2.24) is 24.9 Å². The highest BCUT2D eigenvalue weighted by Gasteiger charge is 2.23. The zero-order valence-corrected chi connectivity index (χ0v) is 22.7. The third-order valence-corrected chi connectivity index (χ3v) is 6.02. The molecule has 0 saturated heterocycles. The summed E-state index contributed by atoms with van der Waals surface area (Å²) in [7, 11) is 0. The van der Waals surface area contributed by atoms with Crippen molar-refractivity contribution in [2.24, 2.45) is 0 Å². The Kier molecular flexibility index (Phi) is 9.66. The summed E-state index contributed by atoms with van der Waals surface area (Å²) in [6, 6.07) is 16.0. The van der Waals surface area contributed by atoms with Crippen molar-refractivity contribution in [3.05, 3.63) is 105 Å². The third-order valence-electron chi connectivity index (χ3n) is 5.77. The number of rotatable bonds is 13. The maximum Gasteiger partial charge on any atom is 0.394 e. The third kappa shape index (κ3) is 9.38. The van der Waals surface area contributed by atoms with Crippen molar-refractivity contribution >= 4 is 17.5 Å². The standard InChI is InChI=1S/C28H27ClF3N5O4/c1-28(31,32)41-24-4-2-3-19(13-24)15-33-27(39)25-17-37(35-34-25)16-22(30)10-12-36-11-9-20(14-26(36)38)18-40-23-7-5-21(29)6-8-23/h2-9,11,13-14,17,22H,10,12,15-16,18H2,1H3,(H,33,39). The summed E-state index contributed by atoms with van der Waals surface area (Å²) in [6.45, 7) is 0.847. The number of hydrogen-bond acceptors (Lipinski definition) is 6. The summed E-state index contributed by atoms with van der Waals surface area (Å²) in [6.07, 6.45) is -1.75. The second-order valence-electron chi connectivity index (χ2n) is 9.26. The highest BCUT2D eigenvalue weighted by atomic mass is 35.5. The van der Waals surface area contributed by atoms with Crippen molar-refractivity contribution in [1.29, 1.82) is 0 Å². The van der Waals surface area contributed by atoms with E-state index in [1.54, 1.807) is 42.6 Å². The number of amides is 1. The molecule has 1 N–H and O–H groups in total. The number of nitrogens with zero attached hydrogens (tertiary/aromatic N) is 4. The van der Waals surface area contributed by atoms with Gasteiger partial charge in [-0.3, -0.25) is 9.59 Å². The molecule has 1 amide bonds. The summed E-state index contributed by atoms with van der Waals surface area (Å²) in [5.74, 6) is 0.0191. The Morgan fingerprint density at radius 1 is 1.10 bits per heavy atom. The van der Waals surface area contributed by atoms with E-state index >= 15 is 0 Å². The van der Waals surface area contributed by atoms with Crippen molar-refractivity contribution in [3.63, 3.8) is 0 Å². The Morgan fingerprint density at radius 2 is 1.88 bits per heavy atom. The predicted molar refractivity (Wildman–Crippen MR) is 145 cm³/mol. The van der Waals surface area contributed by atoms with Gasteiger partial charge in [0, 0.05) is 37.3 Å². The van der Waals surface area contributed by atoms with Crippen LogP contribution in [0.4, 0.5) is 13.2 Å². The molecule has 0 aliphatic carbocycles. The van der Waals surface area contributed by atoms with Gasteiger partial charge in [-0.05, 0) is 60.0 Å². The van der Waals surface area contributed by atoms with E-state index in [1.165, 1.54) is 39.7 Å². The molecule has 2 aromatic heterocycles. The highest BCUT2D eigenvalue weighted by molar-refractivity contribution is 6.30.